The summed E-state index contributed by atoms with van der Waals surface area (Å²) in [7, 11) is 1.85. The zero-order valence-electron chi connectivity index (χ0n) is 15.9. The molecule has 27 heavy (non-hydrogen) atoms. The molecule has 1 aliphatic heterocycles. The Kier molecular flexibility index (Phi) is 5.51. The summed E-state index contributed by atoms with van der Waals surface area (Å²) in [6, 6.07) is 13.5. The average molecular weight is 364 g/mol. The summed E-state index contributed by atoms with van der Waals surface area (Å²) in [6.07, 6.45) is 8.23. The Morgan fingerprint density at radius 1 is 1.15 bits per heavy atom. The molecule has 2 fully saturated rings. The number of hydrogen-bond acceptors (Lipinski definition) is 4. The molecule has 1 aliphatic carbocycles. The summed E-state index contributed by atoms with van der Waals surface area (Å²) < 4.78 is 0. The van der Waals surface area contributed by atoms with Crippen molar-refractivity contribution in [2.24, 2.45) is 10.9 Å². The molecular weight excluding hydrogens is 336 g/mol. The van der Waals surface area contributed by atoms with E-state index in [9.17, 15) is 0 Å². The van der Waals surface area contributed by atoms with Gasteiger partial charge in [0.15, 0.2) is 5.96 Å². The lowest BCUT2D eigenvalue weighted by Crippen LogP contribution is -2.52. The first-order chi connectivity index (χ1) is 13.3. The van der Waals surface area contributed by atoms with Crippen LogP contribution in [0.5, 0.6) is 0 Å². The number of aliphatic imine (C=N–C) groups is 1. The van der Waals surface area contributed by atoms with Crippen LogP contribution in [0.2, 0.25) is 0 Å². The Balaban J connectivity index is 1.27. The summed E-state index contributed by atoms with van der Waals surface area (Å²) in [6.45, 7) is 1.92. The van der Waals surface area contributed by atoms with Crippen molar-refractivity contribution < 1.29 is 0 Å². The van der Waals surface area contributed by atoms with Crippen molar-refractivity contribution in [2.45, 2.75) is 37.8 Å². The molecule has 0 spiro atoms. The molecule has 4 rings (SSSR count). The molecule has 2 aliphatic rings. The fourth-order valence-electron chi connectivity index (χ4n) is 3.84. The van der Waals surface area contributed by atoms with E-state index in [0.29, 0.717) is 18.0 Å². The first-order valence-corrected chi connectivity index (χ1v) is 9.87. The molecule has 1 aromatic carbocycles. The molecule has 142 valence electrons. The fourth-order valence-corrected chi connectivity index (χ4v) is 3.84. The maximum Gasteiger partial charge on any atom is 0.225 e. The van der Waals surface area contributed by atoms with E-state index in [0.717, 1.165) is 44.3 Å². The standard InChI is InChI=1S/C21H28N6/c1-22-20(26-19-14-17(19)13-16-7-3-2-4-8-16)25-18-9-5-12-27(15-18)21-23-10-6-11-24-21/h2-4,6-8,10-11,17-19H,5,9,12-15H2,1H3,(H2,22,25,26). The van der Waals surface area contributed by atoms with E-state index in [1.54, 1.807) is 12.4 Å². The summed E-state index contributed by atoms with van der Waals surface area (Å²) in [5, 5.41) is 7.20. The number of nitrogens with one attached hydrogen (secondary N) is 2. The fraction of sp³-hybridized carbons (Fsp3) is 0.476. The summed E-state index contributed by atoms with van der Waals surface area (Å²) in [4.78, 5) is 15.5. The van der Waals surface area contributed by atoms with Gasteiger partial charge in [-0.1, -0.05) is 30.3 Å². The number of hydrogen-bond donors (Lipinski definition) is 2. The Labute approximate surface area is 161 Å². The Bertz CT molecular complexity index is 748. The molecule has 6 heteroatoms. The molecule has 2 N–H and O–H groups in total. The monoisotopic (exact) mass is 364 g/mol. The van der Waals surface area contributed by atoms with Gasteiger partial charge in [0.05, 0.1) is 0 Å². The zero-order chi connectivity index (χ0) is 18.5. The predicted octanol–water partition coefficient (Wildman–Crippen LogP) is 2.24. The van der Waals surface area contributed by atoms with Crippen molar-refractivity contribution in [3.63, 3.8) is 0 Å². The third-order valence-electron chi connectivity index (χ3n) is 5.41. The number of aromatic nitrogens is 2. The minimum atomic E-state index is 0.361. The van der Waals surface area contributed by atoms with Gasteiger partial charge in [-0.15, -0.1) is 0 Å². The highest BCUT2D eigenvalue weighted by molar-refractivity contribution is 5.80. The molecule has 3 unspecified atom stereocenters. The highest BCUT2D eigenvalue weighted by Crippen LogP contribution is 2.33. The van der Waals surface area contributed by atoms with Gasteiger partial charge in [-0.05, 0) is 43.2 Å². The van der Waals surface area contributed by atoms with Crippen LogP contribution in [0.3, 0.4) is 0 Å². The molecule has 1 aromatic heterocycles. The van der Waals surface area contributed by atoms with E-state index in [4.69, 9.17) is 0 Å². The molecule has 2 heterocycles. The molecule has 0 bridgehead atoms. The molecule has 0 amide bonds. The predicted molar refractivity (Wildman–Crippen MR) is 109 cm³/mol. The Hall–Kier alpha value is -2.63. The smallest absolute Gasteiger partial charge is 0.225 e. The highest BCUT2D eigenvalue weighted by atomic mass is 15.3. The van der Waals surface area contributed by atoms with Crippen molar-refractivity contribution in [2.75, 3.05) is 25.0 Å². The van der Waals surface area contributed by atoms with Crippen LogP contribution < -0.4 is 15.5 Å². The SMILES string of the molecule is CN=C(NC1CCCN(c2ncccn2)C1)NC1CC1Cc1ccccc1. The molecule has 0 radical (unpaired) electrons. The second-order valence-electron chi connectivity index (χ2n) is 7.49. The largest absolute Gasteiger partial charge is 0.353 e. The number of benzene rings is 1. The first kappa shape index (κ1) is 17.8. The van der Waals surface area contributed by atoms with Gasteiger partial charge in [-0.25, -0.2) is 9.97 Å². The van der Waals surface area contributed by atoms with Gasteiger partial charge < -0.3 is 15.5 Å². The van der Waals surface area contributed by atoms with Crippen LogP contribution >= 0.6 is 0 Å². The Morgan fingerprint density at radius 3 is 2.74 bits per heavy atom. The molecular formula is C21H28N6. The average Bonchev–Trinajstić information content (AvgIpc) is 3.46. The second-order valence-corrected chi connectivity index (χ2v) is 7.49. The minimum absolute atomic E-state index is 0.361. The number of anilines is 1. The lowest BCUT2D eigenvalue weighted by Gasteiger charge is -2.33. The quantitative estimate of drug-likeness (QED) is 0.629. The lowest BCUT2D eigenvalue weighted by atomic mass is 10.1. The van der Waals surface area contributed by atoms with Crippen LogP contribution in [-0.2, 0) is 6.42 Å². The van der Waals surface area contributed by atoms with Gasteiger partial charge in [0.2, 0.25) is 5.95 Å². The first-order valence-electron chi connectivity index (χ1n) is 9.87. The minimum Gasteiger partial charge on any atom is -0.353 e. The number of piperidine rings is 1. The Morgan fingerprint density at radius 2 is 1.96 bits per heavy atom. The van der Waals surface area contributed by atoms with Crippen LogP contribution in [0, 0.1) is 5.92 Å². The van der Waals surface area contributed by atoms with Crippen LogP contribution in [0.25, 0.3) is 0 Å². The van der Waals surface area contributed by atoms with E-state index < -0.39 is 0 Å². The van der Waals surface area contributed by atoms with Gasteiger partial charge >= 0.3 is 0 Å². The van der Waals surface area contributed by atoms with E-state index in [1.165, 1.54) is 12.0 Å². The van der Waals surface area contributed by atoms with E-state index in [2.05, 4.69) is 60.8 Å². The molecule has 1 saturated carbocycles. The second kappa shape index (κ2) is 8.37. The number of nitrogens with zero attached hydrogens (tertiary/aromatic N) is 4. The number of guanidine groups is 1. The summed E-state index contributed by atoms with van der Waals surface area (Å²) >= 11 is 0. The van der Waals surface area contributed by atoms with Gasteiger partial charge in [-0.3, -0.25) is 4.99 Å². The lowest BCUT2D eigenvalue weighted by molar-refractivity contribution is 0.462. The van der Waals surface area contributed by atoms with Crippen LogP contribution in [0.15, 0.2) is 53.8 Å². The van der Waals surface area contributed by atoms with Crippen LogP contribution in [0.1, 0.15) is 24.8 Å². The zero-order valence-corrected chi connectivity index (χ0v) is 15.9. The van der Waals surface area contributed by atoms with Crippen molar-refractivity contribution in [1.29, 1.82) is 0 Å². The maximum absolute atomic E-state index is 4.45. The van der Waals surface area contributed by atoms with E-state index in [1.807, 2.05) is 13.1 Å². The maximum atomic E-state index is 4.45. The molecule has 1 saturated heterocycles. The van der Waals surface area contributed by atoms with Crippen molar-refractivity contribution in [3.05, 3.63) is 54.4 Å². The normalized spacial score (nSPS) is 25.1. The van der Waals surface area contributed by atoms with Gasteiger partial charge in [0, 0.05) is 44.6 Å². The summed E-state index contributed by atoms with van der Waals surface area (Å²) in [5.41, 5.74) is 1.42. The van der Waals surface area contributed by atoms with Crippen LogP contribution in [0.4, 0.5) is 5.95 Å². The highest BCUT2D eigenvalue weighted by Gasteiger charge is 2.37. The van der Waals surface area contributed by atoms with E-state index >= 15 is 0 Å². The van der Waals surface area contributed by atoms with Gasteiger partial charge in [-0.2, -0.15) is 0 Å². The number of rotatable bonds is 5. The molecule has 2 aromatic rings. The van der Waals surface area contributed by atoms with Crippen molar-refractivity contribution in [1.82, 2.24) is 20.6 Å². The molecule has 6 nitrogen and oxygen atoms in total. The molecule has 3 atom stereocenters. The van der Waals surface area contributed by atoms with Crippen LogP contribution in [-0.4, -0.2) is 48.1 Å². The topological polar surface area (TPSA) is 65.4 Å². The van der Waals surface area contributed by atoms with Crippen molar-refractivity contribution in [3.8, 4) is 0 Å². The third kappa shape index (κ3) is 4.76. The van der Waals surface area contributed by atoms with Crippen molar-refractivity contribution >= 4 is 11.9 Å². The van der Waals surface area contributed by atoms with E-state index in [-0.39, 0.29) is 0 Å². The summed E-state index contributed by atoms with van der Waals surface area (Å²) in [5.74, 6) is 2.43. The van der Waals surface area contributed by atoms with Gasteiger partial charge in [0.1, 0.15) is 0 Å². The third-order valence-corrected chi connectivity index (χ3v) is 5.41. The van der Waals surface area contributed by atoms with Gasteiger partial charge in [0.25, 0.3) is 0 Å².